The Kier molecular flexibility index (Phi) is 3.88. The molecule has 0 bridgehead atoms. The third-order valence-electron chi connectivity index (χ3n) is 3.53. The zero-order chi connectivity index (χ0) is 14.9. The Balaban J connectivity index is 2.21. The van der Waals surface area contributed by atoms with Crippen molar-refractivity contribution in [3.8, 4) is 0 Å². The van der Waals surface area contributed by atoms with E-state index in [1.807, 2.05) is 26.0 Å². The molecule has 0 aliphatic carbocycles. The van der Waals surface area contributed by atoms with Crippen molar-refractivity contribution in [2.75, 3.05) is 20.2 Å². The summed E-state index contributed by atoms with van der Waals surface area (Å²) in [6.07, 6.45) is 0. The molecule has 1 amide bonds. The molecule has 5 heteroatoms. The van der Waals surface area contributed by atoms with Gasteiger partial charge in [0, 0.05) is 12.1 Å². The van der Waals surface area contributed by atoms with Crippen molar-refractivity contribution < 1.29 is 19.1 Å². The highest BCUT2D eigenvalue weighted by Gasteiger charge is 2.39. The lowest BCUT2D eigenvalue weighted by molar-refractivity contribution is -0.147. The minimum absolute atomic E-state index is 0.0357. The summed E-state index contributed by atoms with van der Waals surface area (Å²) < 4.78 is 4.58. The number of esters is 1. The molecule has 20 heavy (non-hydrogen) atoms. The van der Waals surface area contributed by atoms with E-state index in [2.05, 4.69) is 4.74 Å². The maximum Gasteiger partial charge on any atom is 0.318 e. The summed E-state index contributed by atoms with van der Waals surface area (Å²) in [5, 5.41) is 0. The maximum atomic E-state index is 12.4. The van der Waals surface area contributed by atoms with Crippen molar-refractivity contribution in [2.45, 2.75) is 13.8 Å². The number of Topliss-reactive ketones (excluding diaryl/α,β-unsaturated/α-hetero) is 1. The van der Waals surface area contributed by atoms with E-state index >= 15 is 0 Å². The number of hydrogen-bond acceptors (Lipinski definition) is 4. The number of likely N-dealkylation sites (tertiary alicyclic amines) is 1. The molecule has 1 unspecified atom stereocenters. The van der Waals surface area contributed by atoms with Crippen LogP contribution in [0.3, 0.4) is 0 Å². The summed E-state index contributed by atoms with van der Waals surface area (Å²) in [4.78, 5) is 37.1. The lowest BCUT2D eigenvalue weighted by Gasteiger charge is -2.16. The lowest BCUT2D eigenvalue weighted by Crippen LogP contribution is -2.30. The minimum Gasteiger partial charge on any atom is -0.468 e. The average Bonchev–Trinajstić information content (AvgIpc) is 2.82. The smallest absolute Gasteiger partial charge is 0.318 e. The van der Waals surface area contributed by atoms with Gasteiger partial charge in [-0.25, -0.2) is 0 Å². The number of benzene rings is 1. The Morgan fingerprint density at radius 2 is 2.00 bits per heavy atom. The summed E-state index contributed by atoms with van der Waals surface area (Å²) in [5.41, 5.74) is 2.41. The topological polar surface area (TPSA) is 63.7 Å². The van der Waals surface area contributed by atoms with Gasteiger partial charge in [0.05, 0.1) is 13.7 Å². The van der Waals surface area contributed by atoms with Gasteiger partial charge >= 0.3 is 5.97 Å². The van der Waals surface area contributed by atoms with Crippen LogP contribution in [0.15, 0.2) is 18.2 Å². The van der Waals surface area contributed by atoms with Gasteiger partial charge in [0.25, 0.3) is 5.91 Å². The van der Waals surface area contributed by atoms with Crippen LogP contribution in [-0.2, 0) is 14.3 Å². The number of aryl methyl sites for hydroxylation is 2. The summed E-state index contributed by atoms with van der Waals surface area (Å²) in [6, 6.07) is 5.60. The highest BCUT2D eigenvalue weighted by molar-refractivity contribution is 6.06. The highest BCUT2D eigenvalue weighted by atomic mass is 16.5. The standard InChI is InChI=1S/C15H17NO4/c1-9-4-5-10(2)11(6-9)14(18)16-7-12(13(17)8-16)15(19)20-3/h4-6,12H,7-8H2,1-3H3. The van der Waals surface area contributed by atoms with E-state index in [0.29, 0.717) is 5.56 Å². The van der Waals surface area contributed by atoms with Crippen LogP contribution in [0.5, 0.6) is 0 Å². The maximum absolute atomic E-state index is 12.4. The van der Waals surface area contributed by atoms with Gasteiger partial charge in [0.15, 0.2) is 5.78 Å². The number of rotatable bonds is 2. The fourth-order valence-corrected chi connectivity index (χ4v) is 2.32. The van der Waals surface area contributed by atoms with Crippen molar-refractivity contribution >= 4 is 17.7 Å². The molecule has 5 nitrogen and oxygen atoms in total. The Morgan fingerprint density at radius 1 is 1.30 bits per heavy atom. The van der Waals surface area contributed by atoms with Gasteiger partial charge in [-0.3, -0.25) is 14.4 Å². The molecule has 106 valence electrons. The number of ether oxygens (including phenoxy) is 1. The number of carbonyl (C=O) groups excluding carboxylic acids is 3. The number of carbonyl (C=O) groups is 3. The van der Waals surface area contributed by atoms with Crippen LogP contribution in [0.1, 0.15) is 21.5 Å². The second-order valence-electron chi connectivity index (χ2n) is 5.05. The number of hydrogen-bond donors (Lipinski definition) is 0. The molecule has 0 spiro atoms. The second kappa shape index (κ2) is 5.45. The van der Waals surface area contributed by atoms with E-state index in [4.69, 9.17) is 0 Å². The van der Waals surface area contributed by atoms with Crippen molar-refractivity contribution in [2.24, 2.45) is 5.92 Å². The zero-order valence-corrected chi connectivity index (χ0v) is 11.8. The van der Waals surface area contributed by atoms with E-state index in [0.717, 1.165) is 11.1 Å². The van der Waals surface area contributed by atoms with Gasteiger partial charge in [-0.15, -0.1) is 0 Å². The largest absolute Gasteiger partial charge is 0.468 e. The molecule has 0 radical (unpaired) electrons. The summed E-state index contributed by atoms with van der Waals surface area (Å²) in [5.74, 6) is -1.92. The predicted octanol–water partition coefficient (Wildman–Crippen LogP) is 1.12. The first kappa shape index (κ1) is 14.2. The number of methoxy groups -OCH3 is 1. The fraction of sp³-hybridized carbons (Fsp3) is 0.400. The number of ketones is 1. The SMILES string of the molecule is COC(=O)C1CN(C(=O)c2cc(C)ccc2C)CC1=O. The molecule has 1 aliphatic rings. The Bertz CT molecular complexity index is 579. The summed E-state index contributed by atoms with van der Waals surface area (Å²) in [7, 11) is 1.24. The summed E-state index contributed by atoms with van der Waals surface area (Å²) >= 11 is 0. The molecule has 1 saturated heterocycles. The van der Waals surface area contributed by atoms with E-state index in [1.165, 1.54) is 12.0 Å². The van der Waals surface area contributed by atoms with Crippen LogP contribution in [0.4, 0.5) is 0 Å². The normalized spacial score (nSPS) is 18.2. The zero-order valence-electron chi connectivity index (χ0n) is 11.8. The second-order valence-corrected chi connectivity index (χ2v) is 5.05. The van der Waals surface area contributed by atoms with E-state index in [9.17, 15) is 14.4 Å². The summed E-state index contributed by atoms with van der Waals surface area (Å²) in [6.45, 7) is 3.81. The van der Waals surface area contributed by atoms with E-state index in [-0.39, 0.29) is 24.8 Å². The van der Waals surface area contributed by atoms with Crippen LogP contribution in [0.25, 0.3) is 0 Å². The average molecular weight is 275 g/mol. The molecule has 1 aliphatic heterocycles. The molecule has 1 atom stereocenters. The van der Waals surface area contributed by atoms with Gasteiger partial charge in [-0.1, -0.05) is 17.7 Å². The van der Waals surface area contributed by atoms with Crippen LogP contribution < -0.4 is 0 Å². The molecule has 1 aromatic rings. The highest BCUT2D eigenvalue weighted by Crippen LogP contribution is 2.19. The van der Waals surface area contributed by atoms with Crippen molar-refractivity contribution in [3.05, 3.63) is 34.9 Å². The van der Waals surface area contributed by atoms with Crippen molar-refractivity contribution in [3.63, 3.8) is 0 Å². The molecule has 0 N–H and O–H groups in total. The molecule has 0 saturated carbocycles. The molecule has 1 fully saturated rings. The van der Waals surface area contributed by atoms with Crippen molar-refractivity contribution in [1.29, 1.82) is 0 Å². The van der Waals surface area contributed by atoms with Crippen LogP contribution in [0.2, 0.25) is 0 Å². The third-order valence-corrected chi connectivity index (χ3v) is 3.53. The Morgan fingerprint density at radius 3 is 2.65 bits per heavy atom. The number of nitrogens with zero attached hydrogens (tertiary/aromatic N) is 1. The Hall–Kier alpha value is -2.17. The molecular weight excluding hydrogens is 258 g/mol. The van der Waals surface area contributed by atoms with Gasteiger partial charge in [0.2, 0.25) is 0 Å². The molecule has 2 rings (SSSR count). The quantitative estimate of drug-likeness (QED) is 0.599. The lowest BCUT2D eigenvalue weighted by atomic mass is 10.0. The van der Waals surface area contributed by atoms with E-state index < -0.39 is 11.9 Å². The van der Waals surface area contributed by atoms with Crippen LogP contribution in [-0.4, -0.2) is 42.8 Å². The molecule has 0 aromatic heterocycles. The van der Waals surface area contributed by atoms with Gasteiger partial charge in [0.1, 0.15) is 5.92 Å². The first-order chi connectivity index (χ1) is 9.43. The molecule has 1 aromatic carbocycles. The number of amides is 1. The van der Waals surface area contributed by atoms with Gasteiger partial charge < -0.3 is 9.64 Å². The first-order valence-electron chi connectivity index (χ1n) is 6.41. The van der Waals surface area contributed by atoms with E-state index in [1.54, 1.807) is 6.07 Å². The molecular formula is C15H17NO4. The first-order valence-corrected chi connectivity index (χ1v) is 6.41. The predicted molar refractivity (Wildman–Crippen MR) is 72.3 cm³/mol. The van der Waals surface area contributed by atoms with Gasteiger partial charge in [-0.2, -0.15) is 0 Å². The third kappa shape index (κ3) is 2.57. The van der Waals surface area contributed by atoms with Crippen molar-refractivity contribution in [1.82, 2.24) is 4.90 Å². The Labute approximate surface area is 117 Å². The van der Waals surface area contributed by atoms with Crippen LogP contribution >= 0.6 is 0 Å². The fourth-order valence-electron chi connectivity index (χ4n) is 2.32. The van der Waals surface area contributed by atoms with Crippen LogP contribution in [0, 0.1) is 19.8 Å². The van der Waals surface area contributed by atoms with Gasteiger partial charge in [-0.05, 0) is 25.5 Å². The minimum atomic E-state index is -0.853. The molecule has 1 heterocycles. The monoisotopic (exact) mass is 275 g/mol.